The molecular formula is C21H14ClN5O2S. The van der Waals surface area contributed by atoms with E-state index in [0.717, 1.165) is 21.9 Å². The van der Waals surface area contributed by atoms with Crippen LogP contribution in [-0.2, 0) is 0 Å². The van der Waals surface area contributed by atoms with Gasteiger partial charge in [-0.25, -0.2) is 9.97 Å². The molecule has 5 rings (SSSR count). The van der Waals surface area contributed by atoms with E-state index in [1.807, 2.05) is 18.2 Å². The summed E-state index contributed by atoms with van der Waals surface area (Å²) in [6, 6.07) is 11.0. The van der Waals surface area contributed by atoms with Gasteiger partial charge in [-0.3, -0.25) is 9.78 Å². The molecule has 2 N–H and O–H groups in total. The second-order valence-electron chi connectivity index (χ2n) is 6.47. The number of hydrogen-bond donors (Lipinski definition) is 2. The number of Topliss-reactive ketones (excluding diaryl/α,β-unsaturated/α-hetero) is 1. The van der Waals surface area contributed by atoms with Gasteiger partial charge < -0.3 is 14.7 Å². The van der Waals surface area contributed by atoms with Gasteiger partial charge in [-0.05, 0) is 30.3 Å². The first kappa shape index (κ1) is 18.7. The smallest absolute Gasteiger partial charge is 0.237 e. The van der Waals surface area contributed by atoms with Crippen molar-refractivity contribution < 1.29 is 9.53 Å². The molecule has 7 nitrogen and oxygen atoms in total. The molecule has 3 heterocycles. The quantitative estimate of drug-likeness (QED) is 0.279. The SMILES string of the molecule is O=C(CSc1nc2cc(Cl)ccc2[nH]1)c1c[nH]c2cc(Oc3cnccn3)ccc12. The molecule has 0 unspecified atom stereocenters. The molecule has 0 saturated heterocycles. The van der Waals surface area contributed by atoms with E-state index in [1.54, 1.807) is 36.8 Å². The van der Waals surface area contributed by atoms with E-state index in [0.29, 0.717) is 27.4 Å². The van der Waals surface area contributed by atoms with Gasteiger partial charge in [-0.1, -0.05) is 23.4 Å². The van der Waals surface area contributed by atoms with Crippen molar-refractivity contribution in [3.05, 3.63) is 71.8 Å². The summed E-state index contributed by atoms with van der Waals surface area (Å²) in [6.45, 7) is 0. The molecule has 0 atom stereocenters. The van der Waals surface area contributed by atoms with E-state index >= 15 is 0 Å². The van der Waals surface area contributed by atoms with Crippen LogP contribution >= 0.6 is 23.4 Å². The lowest BCUT2D eigenvalue weighted by Gasteiger charge is -2.04. The Kier molecular flexibility index (Phi) is 4.86. The van der Waals surface area contributed by atoms with Crippen LogP contribution in [0.2, 0.25) is 5.02 Å². The summed E-state index contributed by atoms with van der Waals surface area (Å²) in [5, 5.41) is 2.15. The van der Waals surface area contributed by atoms with Gasteiger partial charge in [-0.2, -0.15) is 0 Å². The maximum atomic E-state index is 12.8. The van der Waals surface area contributed by atoms with Crippen LogP contribution in [0, 0.1) is 0 Å². The molecule has 0 radical (unpaired) electrons. The number of thioether (sulfide) groups is 1. The number of halogens is 1. The summed E-state index contributed by atoms with van der Waals surface area (Å²) in [4.78, 5) is 31.7. The third-order valence-corrected chi connectivity index (χ3v) is 5.59. The van der Waals surface area contributed by atoms with Gasteiger partial charge in [0.05, 0.1) is 23.0 Å². The van der Waals surface area contributed by atoms with Gasteiger partial charge in [0.25, 0.3) is 0 Å². The Balaban J connectivity index is 1.31. The van der Waals surface area contributed by atoms with Crippen molar-refractivity contribution in [1.29, 1.82) is 0 Å². The van der Waals surface area contributed by atoms with Crippen molar-refractivity contribution >= 4 is 51.1 Å². The van der Waals surface area contributed by atoms with Crippen molar-refractivity contribution in [1.82, 2.24) is 24.9 Å². The lowest BCUT2D eigenvalue weighted by Crippen LogP contribution is -2.01. The molecule has 3 aromatic heterocycles. The highest BCUT2D eigenvalue weighted by Gasteiger charge is 2.15. The molecule has 0 aliphatic heterocycles. The zero-order valence-corrected chi connectivity index (χ0v) is 17.0. The highest BCUT2D eigenvalue weighted by Crippen LogP contribution is 2.28. The van der Waals surface area contributed by atoms with Gasteiger partial charge in [0, 0.05) is 46.1 Å². The van der Waals surface area contributed by atoms with Crippen LogP contribution in [0.4, 0.5) is 0 Å². The summed E-state index contributed by atoms with van der Waals surface area (Å²) in [5.41, 5.74) is 3.10. The first-order chi connectivity index (χ1) is 14.7. The molecule has 30 heavy (non-hydrogen) atoms. The van der Waals surface area contributed by atoms with Crippen LogP contribution in [-0.4, -0.2) is 36.5 Å². The summed E-state index contributed by atoms with van der Waals surface area (Å²) in [7, 11) is 0. The fourth-order valence-corrected chi connectivity index (χ4v) is 4.03. The second-order valence-corrected chi connectivity index (χ2v) is 7.87. The largest absolute Gasteiger partial charge is 0.437 e. The predicted molar refractivity (Wildman–Crippen MR) is 117 cm³/mol. The first-order valence-electron chi connectivity index (χ1n) is 9.02. The van der Waals surface area contributed by atoms with E-state index in [9.17, 15) is 4.79 Å². The van der Waals surface area contributed by atoms with Gasteiger partial charge in [0.15, 0.2) is 10.9 Å². The number of aromatic amines is 2. The summed E-state index contributed by atoms with van der Waals surface area (Å²) in [6.07, 6.45) is 6.40. The zero-order valence-electron chi connectivity index (χ0n) is 15.4. The minimum atomic E-state index is 0.00679. The fraction of sp³-hybridized carbons (Fsp3) is 0.0476. The highest BCUT2D eigenvalue weighted by atomic mass is 35.5. The number of fused-ring (bicyclic) bond motifs is 2. The van der Waals surface area contributed by atoms with Crippen LogP contribution in [0.1, 0.15) is 10.4 Å². The van der Waals surface area contributed by atoms with Crippen molar-refractivity contribution in [2.75, 3.05) is 5.75 Å². The minimum Gasteiger partial charge on any atom is -0.437 e. The number of aromatic nitrogens is 5. The highest BCUT2D eigenvalue weighted by molar-refractivity contribution is 7.99. The minimum absolute atomic E-state index is 0.00679. The van der Waals surface area contributed by atoms with E-state index in [1.165, 1.54) is 18.0 Å². The van der Waals surface area contributed by atoms with Gasteiger partial charge in [-0.15, -0.1) is 0 Å². The molecule has 148 valence electrons. The molecule has 0 saturated carbocycles. The Morgan fingerprint density at radius 3 is 2.93 bits per heavy atom. The summed E-state index contributed by atoms with van der Waals surface area (Å²) < 4.78 is 5.69. The summed E-state index contributed by atoms with van der Waals surface area (Å²) in [5.74, 6) is 1.29. The maximum absolute atomic E-state index is 12.8. The van der Waals surface area contributed by atoms with Crippen molar-refractivity contribution in [3.8, 4) is 11.6 Å². The number of H-pyrrole nitrogens is 2. The Morgan fingerprint density at radius 1 is 1.13 bits per heavy atom. The van der Waals surface area contributed by atoms with Crippen LogP contribution in [0.5, 0.6) is 11.6 Å². The maximum Gasteiger partial charge on any atom is 0.237 e. The lowest BCUT2D eigenvalue weighted by atomic mass is 10.1. The van der Waals surface area contributed by atoms with Crippen molar-refractivity contribution in [3.63, 3.8) is 0 Å². The lowest BCUT2D eigenvalue weighted by molar-refractivity contribution is 0.102. The molecule has 2 aromatic carbocycles. The van der Waals surface area contributed by atoms with E-state index in [-0.39, 0.29) is 11.5 Å². The number of hydrogen-bond acceptors (Lipinski definition) is 6. The van der Waals surface area contributed by atoms with Crippen LogP contribution in [0.3, 0.4) is 0 Å². The number of ketones is 1. The second kappa shape index (κ2) is 7.81. The normalized spacial score (nSPS) is 11.2. The number of carbonyl (C=O) groups excluding carboxylic acids is 1. The van der Waals surface area contributed by atoms with E-state index in [4.69, 9.17) is 16.3 Å². The van der Waals surface area contributed by atoms with Crippen LogP contribution < -0.4 is 4.74 Å². The molecule has 0 aliphatic rings. The Morgan fingerprint density at radius 2 is 2.07 bits per heavy atom. The topological polar surface area (TPSA) is 96.5 Å². The molecule has 0 bridgehead atoms. The van der Waals surface area contributed by atoms with Crippen LogP contribution in [0.25, 0.3) is 21.9 Å². The summed E-state index contributed by atoms with van der Waals surface area (Å²) >= 11 is 7.36. The third-order valence-electron chi connectivity index (χ3n) is 4.48. The molecule has 0 aliphatic carbocycles. The zero-order chi connectivity index (χ0) is 20.5. The Labute approximate surface area is 179 Å². The van der Waals surface area contributed by atoms with Gasteiger partial charge in [0.1, 0.15) is 5.75 Å². The molecular weight excluding hydrogens is 422 g/mol. The molecule has 0 fully saturated rings. The number of imidazole rings is 1. The first-order valence-corrected chi connectivity index (χ1v) is 10.4. The predicted octanol–water partition coefficient (Wildman–Crippen LogP) is 5.25. The van der Waals surface area contributed by atoms with E-state index < -0.39 is 0 Å². The Bertz CT molecular complexity index is 1370. The molecule has 5 aromatic rings. The molecule has 0 spiro atoms. The number of nitrogens with one attached hydrogen (secondary N) is 2. The van der Waals surface area contributed by atoms with Gasteiger partial charge >= 0.3 is 0 Å². The number of ether oxygens (including phenoxy) is 1. The van der Waals surface area contributed by atoms with Crippen LogP contribution in [0.15, 0.2) is 66.3 Å². The average molecular weight is 436 g/mol. The van der Waals surface area contributed by atoms with E-state index in [2.05, 4.69) is 24.9 Å². The van der Waals surface area contributed by atoms with Gasteiger partial charge in [0.2, 0.25) is 5.88 Å². The third kappa shape index (κ3) is 3.74. The fourth-order valence-electron chi connectivity index (χ4n) is 3.09. The monoisotopic (exact) mass is 435 g/mol. The number of carbonyl (C=O) groups is 1. The van der Waals surface area contributed by atoms with Crippen molar-refractivity contribution in [2.24, 2.45) is 0 Å². The molecule has 0 amide bonds. The molecule has 9 heteroatoms. The van der Waals surface area contributed by atoms with Crippen molar-refractivity contribution in [2.45, 2.75) is 5.16 Å². The number of benzene rings is 2. The number of nitrogens with zero attached hydrogens (tertiary/aromatic N) is 3. The number of rotatable bonds is 6. The average Bonchev–Trinajstić information content (AvgIpc) is 3.36. The standard InChI is InChI=1S/C21H14ClN5O2S/c22-12-1-4-16-18(7-12)27-21(26-16)30-11-19(28)15-9-25-17-8-13(2-3-14(15)17)29-20-10-23-5-6-24-20/h1-10,25H,11H2,(H,26,27). The Hall–Kier alpha value is -3.36.